The Balaban J connectivity index is 2.89. The van der Waals surface area contributed by atoms with E-state index in [1.165, 1.54) is 18.2 Å². The normalized spacial score (nSPS) is 12.1. The van der Waals surface area contributed by atoms with Crippen LogP contribution in [0.1, 0.15) is 33.2 Å². The van der Waals surface area contributed by atoms with E-state index in [0.29, 0.717) is 0 Å². The molecule has 104 valence electrons. The Morgan fingerprint density at radius 2 is 1.74 bits per heavy atom. The van der Waals surface area contributed by atoms with Gasteiger partial charge in [-0.15, -0.1) is 0 Å². The first-order chi connectivity index (χ1) is 8.93. The lowest BCUT2D eigenvalue weighted by Gasteiger charge is -2.11. The van der Waals surface area contributed by atoms with Crippen LogP contribution in [-0.2, 0) is 11.2 Å². The maximum absolute atomic E-state index is 11.1. The fourth-order valence-electron chi connectivity index (χ4n) is 1.69. The van der Waals surface area contributed by atoms with Gasteiger partial charge in [0, 0.05) is 0 Å². The minimum atomic E-state index is -1.17. The van der Waals surface area contributed by atoms with Crippen LogP contribution in [-0.4, -0.2) is 46.6 Å². The molecule has 6 heteroatoms. The van der Waals surface area contributed by atoms with Gasteiger partial charge in [-0.3, -0.25) is 0 Å². The van der Waals surface area contributed by atoms with Gasteiger partial charge in [-0.2, -0.15) is 0 Å². The van der Waals surface area contributed by atoms with Gasteiger partial charge >= 0.3 is 11.9 Å². The van der Waals surface area contributed by atoms with Crippen LogP contribution in [0.3, 0.4) is 0 Å². The SMILES string of the molecule is CC(O)COCCc1c(C(=O)O)cccc1C(=O)O. The van der Waals surface area contributed by atoms with Gasteiger partial charge in [0.05, 0.1) is 30.4 Å². The Morgan fingerprint density at radius 1 is 1.21 bits per heavy atom. The van der Waals surface area contributed by atoms with Crippen molar-refractivity contribution in [1.82, 2.24) is 0 Å². The number of rotatable bonds is 7. The molecule has 0 aliphatic heterocycles. The van der Waals surface area contributed by atoms with E-state index in [4.69, 9.17) is 20.1 Å². The van der Waals surface area contributed by atoms with Crippen molar-refractivity contribution in [3.8, 4) is 0 Å². The number of aliphatic hydroxyl groups is 1. The highest BCUT2D eigenvalue weighted by Gasteiger charge is 2.17. The van der Waals surface area contributed by atoms with E-state index in [1.54, 1.807) is 6.92 Å². The molecule has 0 saturated carbocycles. The van der Waals surface area contributed by atoms with Gasteiger partial charge in [0.2, 0.25) is 0 Å². The van der Waals surface area contributed by atoms with Gasteiger partial charge in [0.15, 0.2) is 0 Å². The Kier molecular flexibility index (Phi) is 5.47. The molecule has 0 bridgehead atoms. The molecule has 3 N–H and O–H groups in total. The number of benzene rings is 1. The molecular formula is C13H16O6. The van der Waals surface area contributed by atoms with Crippen LogP contribution in [0, 0.1) is 0 Å². The van der Waals surface area contributed by atoms with Crippen LogP contribution < -0.4 is 0 Å². The average molecular weight is 268 g/mol. The molecule has 0 heterocycles. The zero-order chi connectivity index (χ0) is 14.4. The monoisotopic (exact) mass is 268 g/mol. The minimum absolute atomic E-state index is 0.0412. The van der Waals surface area contributed by atoms with E-state index in [2.05, 4.69) is 0 Å². The molecule has 1 rings (SSSR count). The molecule has 0 aliphatic carbocycles. The van der Waals surface area contributed by atoms with Gasteiger partial charge in [-0.1, -0.05) is 6.07 Å². The summed E-state index contributed by atoms with van der Waals surface area (Å²) in [5.41, 5.74) is 0.147. The number of aliphatic hydroxyl groups excluding tert-OH is 1. The van der Waals surface area contributed by atoms with Crippen molar-refractivity contribution in [3.05, 3.63) is 34.9 Å². The second kappa shape index (κ2) is 6.86. The van der Waals surface area contributed by atoms with Gasteiger partial charge < -0.3 is 20.1 Å². The van der Waals surface area contributed by atoms with Crippen LogP contribution in [0.25, 0.3) is 0 Å². The van der Waals surface area contributed by atoms with Crippen LogP contribution in [0.15, 0.2) is 18.2 Å². The Hall–Kier alpha value is -1.92. The molecule has 0 aromatic heterocycles. The number of ether oxygens (including phenoxy) is 1. The topological polar surface area (TPSA) is 104 Å². The summed E-state index contributed by atoms with van der Waals surface area (Å²) in [5, 5.41) is 27.1. The van der Waals surface area contributed by atoms with E-state index in [-0.39, 0.29) is 36.3 Å². The maximum atomic E-state index is 11.1. The van der Waals surface area contributed by atoms with Crippen LogP contribution >= 0.6 is 0 Å². The minimum Gasteiger partial charge on any atom is -0.478 e. The lowest BCUT2D eigenvalue weighted by atomic mass is 9.98. The average Bonchev–Trinajstić information content (AvgIpc) is 2.33. The molecule has 0 fully saturated rings. The largest absolute Gasteiger partial charge is 0.478 e. The van der Waals surface area contributed by atoms with Crippen molar-refractivity contribution in [2.45, 2.75) is 19.4 Å². The Labute approximate surface area is 110 Å². The van der Waals surface area contributed by atoms with Crippen molar-refractivity contribution in [2.24, 2.45) is 0 Å². The van der Waals surface area contributed by atoms with E-state index in [0.717, 1.165) is 0 Å². The lowest BCUT2D eigenvalue weighted by Crippen LogP contribution is -2.15. The second-order valence-corrected chi connectivity index (χ2v) is 4.12. The van der Waals surface area contributed by atoms with E-state index >= 15 is 0 Å². The summed E-state index contributed by atoms with van der Waals surface area (Å²) in [4.78, 5) is 22.1. The Morgan fingerprint density at radius 3 is 2.16 bits per heavy atom. The standard InChI is InChI=1S/C13H16O6/c1-8(14)7-19-6-5-9-10(12(15)16)3-2-4-11(9)13(17)18/h2-4,8,14H,5-7H2,1H3,(H,15,16)(H,17,18). The number of carbonyl (C=O) groups is 2. The molecule has 0 amide bonds. The molecule has 0 radical (unpaired) electrons. The summed E-state index contributed by atoms with van der Waals surface area (Å²) in [7, 11) is 0. The molecule has 19 heavy (non-hydrogen) atoms. The first kappa shape index (κ1) is 15.1. The number of hydrogen-bond donors (Lipinski definition) is 3. The summed E-state index contributed by atoms with van der Waals surface area (Å²) in [6.45, 7) is 1.83. The summed E-state index contributed by atoms with van der Waals surface area (Å²) in [6, 6.07) is 4.12. The molecule has 1 unspecified atom stereocenters. The summed E-state index contributed by atoms with van der Waals surface area (Å²) in [6.07, 6.45) is -0.453. The van der Waals surface area contributed by atoms with Gasteiger partial charge in [0.1, 0.15) is 0 Å². The fourth-order valence-corrected chi connectivity index (χ4v) is 1.69. The molecule has 0 aliphatic rings. The number of carboxylic acid groups (broad SMARTS) is 2. The van der Waals surface area contributed by atoms with Crippen molar-refractivity contribution in [3.63, 3.8) is 0 Å². The number of aromatic carboxylic acids is 2. The highest BCUT2D eigenvalue weighted by atomic mass is 16.5. The van der Waals surface area contributed by atoms with Crippen LogP contribution in [0.5, 0.6) is 0 Å². The Bertz CT molecular complexity index is 434. The molecule has 1 aromatic rings. The van der Waals surface area contributed by atoms with Crippen molar-refractivity contribution >= 4 is 11.9 Å². The summed E-state index contributed by atoms with van der Waals surface area (Å²) < 4.78 is 5.13. The summed E-state index contributed by atoms with van der Waals surface area (Å²) in [5.74, 6) is -2.35. The predicted molar refractivity (Wildman–Crippen MR) is 66.6 cm³/mol. The number of carboxylic acids is 2. The highest BCUT2D eigenvalue weighted by Crippen LogP contribution is 2.16. The third kappa shape index (κ3) is 4.35. The third-order valence-electron chi connectivity index (χ3n) is 2.49. The maximum Gasteiger partial charge on any atom is 0.335 e. The van der Waals surface area contributed by atoms with E-state index in [1.807, 2.05) is 0 Å². The first-order valence-corrected chi connectivity index (χ1v) is 5.77. The van der Waals surface area contributed by atoms with Gasteiger partial charge in [-0.05, 0) is 31.0 Å². The van der Waals surface area contributed by atoms with Crippen molar-refractivity contribution in [2.75, 3.05) is 13.2 Å². The van der Waals surface area contributed by atoms with Crippen molar-refractivity contribution < 1.29 is 29.6 Å². The van der Waals surface area contributed by atoms with Gasteiger partial charge in [0.25, 0.3) is 0 Å². The quantitative estimate of drug-likeness (QED) is 0.638. The lowest BCUT2D eigenvalue weighted by molar-refractivity contribution is 0.0472. The van der Waals surface area contributed by atoms with E-state index in [9.17, 15) is 9.59 Å². The molecule has 1 aromatic carbocycles. The molecule has 6 nitrogen and oxygen atoms in total. The first-order valence-electron chi connectivity index (χ1n) is 5.77. The molecule has 1 atom stereocenters. The molecular weight excluding hydrogens is 252 g/mol. The fraction of sp³-hybridized carbons (Fsp3) is 0.385. The van der Waals surface area contributed by atoms with Crippen LogP contribution in [0.2, 0.25) is 0 Å². The van der Waals surface area contributed by atoms with E-state index < -0.39 is 18.0 Å². The summed E-state index contributed by atoms with van der Waals surface area (Å²) >= 11 is 0. The van der Waals surface area contributed by atoms with Crippen LogP contribution in [0.4, 0.5) is 0 Å². The molecule has 0 saturated heterocycles. The zero-order valence-corrected chi connectivity index (χ0v) is 10.5. The highest BCUT2D eigenvalue weighted by molar-refractivity contribution is 5.96. The van der Waals surface area contributed by atoms with Gasteiger partial charge in [-0.25, -0.2) is 9.59 Å². The second-order valence-electron chi connectivity index (χ2n) is 4.12. The van der Waals surface area contributed by atoms with Crippen molar-refractivity contribution in [1.29, 1.82) is 0 Å². The molecule has 0 spiro atoms. The smallest absolute Gasteiger partial charge is 0.335 e. The predicted octanol–water partition coefficient (Wildman–Crippen LogP) is 1.02. The third-order valence-corrected chi connectivity index (χ3v) is 2.49. The zero-order valence-electron chi connectivity index (χ0n) is 10.5. The number of hydrogen-bond acceptors (Lipinski definition) is 4.